The van der Waals surface area contributed by atoms with Gasteiger partial charge in [-0.15, -0.1) is 4.91 Å². The summed E-state index contributed by atoms with van der Waals surface area (Å²) in [4.78, 5) is 46.1. The van der Waals surface area contributed by atoms with Crippen LogP contribution < -0.4 is 0 Å². The van der Waals surface area contributed by atoms with Gasteiger partial charge in [0.05, 0.1) is 22.4 Å². The summed E-state index contributed by atoms with van der Waals surface area (Å²) < 4.78 is 0. The number of rotatable bonds is 7. The van der Waals surface area contributed by atoms with E-state index in [1.807, 2.05) is 53.4 Å². The van der Waals surface area contributed by atoms with Gasteiger partial charge in [-0.3, -0.25) is 9.59 Å². The average molecular weight is 431 g/mol. The lowest BCUT2D eigenvalue weighted by Crippen LogP contribution is -2.35. The first-order valence-corrected chi connectivity index (χ1v) is 11.2. The highest BCUT2D eigenvalue weighted by Gasteiger charge is 2.19. The minimum Gasteiger partial charge on any atom is -0.339 e. The van der Waals surface area contributed by atoms with Crippen LogP contribution in [-0.4, -0.2) is 39.8 Å². The smallest absolute Gasteiger partial charge is 0.286 e. The van der Waals surface area contributed by atoms with Crippen molar-refractivity contribution in [2.75, 3.05) is 13.1 Å². The molecule has 0 radical (unpaired) electrons. The molecule has 1 aliphatic rings. The summed E-state index contributed by atoms with van der Waals surface area (Å²) in [6.07, 6.45) is 5.27. The molecule has 4 rings (SSSR count). The fourth-order valence-corrected chi connectivity index (χ4v) is 4.12. The van der Waals surface area contributed by atoms with Gasteiger partial charge in [0, 0.05) is 35.8 Å². The van der Waals surface area contributed by atoms with E-state index in [9.17, 15) is 14.5 Å². The van der Waals surface area contributed by atoms with Crippen LogP contribution in [0.25, 0.3) is 22.3 Å². The van der Waals surface area contributed by atoms with Crippen molar-refractivity contribution >= 4 is 22.8 Å². The van der Waals surface area contributed by atoms with Crippen LogP contribution in [0, 0.1) is 4.91 Å². The van der Waals surface area contributed by atoms with Crippen molar-refractivity contribution in [3.8, 4) is 11.3 Å². The maximum atomic E-state index is 12.9. The van der Waals surface area contributed by atoms with Gasteiger partial charge in [-0.05, 0) is 56.7 Å². The van der Waals surface area contributed by atoms with Crippen LogP contribution in [0.4, 0.5) is 0 Å². The topological polar surface area (TPSA) is 92.6 Å². The van der Waals surface area contributed by atoms with Crippen LogP contribution >= 0.6 is 0 Å². The van der Waals surface area contributed by atoms with Gasteiger partial charge in [-0.25, -0.2) is 9.97 Å². The molecule has 1 aliphatic heterocycles. The third kappa shape index (κ3) is 5.04. The predicted molar refractivity (Wildman–Crippen MR) is 123 cm³/mol. The number of likely N-dealkylation sites (tertiary alicyclic amines) is 1. The van der Waals surface area contributed by atoms with Crippen molar-refractivity contribution in [2.24, 2.45) is 5.18 Å². The molecule has 0 saturated carbocycles. The molecule has 0 N–H and O–H groups in total. The molecule has 2 aromatic carbocycles. The average Bonchev–Trinajstić information content (AvgIpc) is 2.86. The van der Waals surface area contributed by atoms with Gasteiger partial charge in [0.2, 0.25) is 0 Å². The zero-order valence-corrected chi connectivity index (χ0v) is 18.0. The third-order valence-corrected chi connectivity index (χ3v) is 5.83. The largest absolute Gasteiger partial charge is 0.339 e. The van der Waals surface area contributed by atoms with Gasteiger partial charge < -0.3 is 4.90 Å². The molecule has 0 unspecified atom stereocenters. The zero-order chi connectivity index (χ0) is 22.3. The molecule has 1 fully saturated rings. The molecule has 32 heavy (non-hydrogen) atoms. The van der Waals surface area contributed by atoms with Gasteiger partial charge in [0.25, 0.3) is 11.8 Å². The van der Waals surface area contributed by atoms with Crippen molar-refractivity contribution in [3.05, 3.63) is 64.7 Å². The summed E-state index contributed by atoms with van der Waals surface area (Å²) >= 11 is 0. The van der Waals surface area contributed by atoms with Crippen LogP contribution in [0.15, 0.2) is 53.7 Å². The Labute approximate surface area is 186 Å². The number of fused-ring (bicyclic) bond motifs is 1. The third-order valence-electron chi connectivity index (χ3n) is 5.83. The first kappa shape index (κ1) is 21.7. The zero-order valence-electron chi connectivity index (χ0n) is 18.0. The molecular weight excluding hydrogens is 404 g/mol. The van der Waals surface area contributed by atoms with Crippen molar-refractivity contribution in [2.45, 2.75) is 44.9 Å². The standard InChI is InChI=1S/C25H26N4O3/c30-23(28-32)12-6-5-11-21-24(18-9-3-1-4-10-18)27-20-14-13-19(17-22(20)26-21)25(31)29-15-7-2-8-16-29/h1,3-4,9-10,13-14,17H,2,5-8,11-12,15-16H2. The quantitative estimate of drug-likeness (QED) is 0.391. The number of aryl methyl sites for hydroxylation is 1. The minimum absolute atomic E-state index is 0.0435. The number of hydrogen-bond acceptors (Lipinski definition) is 5. The van der Waals surface area contributed by atoms with Gasteiger partial charge >= 0.3 is 0 Å². The molecule has 7 nitrogen and oxygen atoms in total. The van der Waals surface area contributed by atoms with E-state index < -0.39 is 5.91 Å². The highest BCUT2D eigenvalue weighted by molar-refractivity contribution is 5.97. The lowest BCUT2D eigenvalue weighted by atomic mass is 10.0. The second-order valence-electron chi connectivity index (χ2n) is 8.13. The lowest BCUT2D eigenvalue weighted by molar-refractivity contribution is -0.118. The Kier molecular flexibility index (Phi) is 6.94. The molecular formula is C25H26N4O3. The Morgan fingerprint density at radius 2 is 1.69 bits per heavy atom. The summed E-state index contributed by atoms with van der Waals surface area (Å²) in [5.74, 6) is -0.583. The number of hydrogen-bond donors (Lipinski definition) is 0. The maximum Gasteiger partial charge on any atom is 0.286 e. The summed E-state index contributed by atoms with van der Waals surface area (Å²) in [5, 5.41) is 2.45. The van der Waals surface area contributed by atoms with E-state index in [1.165, 1.54) is 6.42 Å². The molecule has 1 aromatic heterocycles. The van der Waals surface area contributed by atoms with Crippen LogP contribution in [0.5, 0.6) is 0 Å². The Balaban J connectivity index is 1.64. The number of benzene rings is 2. The molecule has 0 aliphatic carbocycles. The number of amides is 2. The Hall–Kier alpha value is -3.48. The first-order valence-electron chi connectivity index (χ1n) is 11.2. The maximum absolute atomic E-state index is 12.9. The normalized spacial score (nSPS) is 13.8. The second-order valence-corrected chi connectivity index (χ2v) is 8.13. The van der Waals surface area contributed by atoms with E-state index in [0.717, 1.165) is 48.4 Å². The summed E-state index contributed by atoms with van der Waals surface area (Å²) in [5.41, 5.74) is 4.65. The van der Waals surface area contributed by atoms with E-state index in [0.29, 0.717) is 30.3 Å². The van der Waals surface area contributed by atoms with E-state index in [-0.39, 0.29) is 12.3 Å². The van der Waals surface area contributed by atoms with Crippen LogP contribution in [0.2, 0.25) is 0 Å². The number of nitroso groups, excluding NO2 is 1. The molecule has 0 atom stereocenters. The molecule has 1 saturated heterocycles. The molecule has 2 amide bonds. The highest BCUT2D eigenvalue weighted by atomic mass is 16.3. The molecule has 0 bridgehead atoms. The Morgan fingerprint density at radius 1 is 0.906 bits per heavy atom. The van der Waals surface area contributed by atoms with Crippen LogP contribution in [0.3, 0.4) is 0 Å². The van der Waals surface area contributed by atoms with E-state index in [2.05, 4.69) is 5.18 Å². The number of carbonyl (C=O) groups excluding carboxylic acids is 2. The van der Waals surface area contributed by atoms with Gasteiger partial charge in [0.15, 0.2) is 0 Å². The fraction of sp³-hybridized carbons (Fsp3) is 0.360. The van der Waals surface area contributed by atoms with Crippen molar-refractivity contribution < 1.29 is 9.59 Å². The molecule has 164 valence electrons. The monoisotopic (exact) mass is 430 g/mol. The fourth-order valence-electron chi connectivity index (χ4n) is 4.12. The summed E-state index contributed by atoms with van der Waals surface area (Å²) in [6, 6.07) is 15.4. The van der Waals surface area contributed by atoms with Gasteiger partial charge in [-0.1, -0.05) is 30.3 Å². The molecule has 2 heterocycles. The number of carbonyl (C=O) groups is 2. The molecule has 3 aromatic rings. The van der Waals surface area contributed by atoms with Crippen LogP contribution in [-0.2, 0) is 11.2 Å². The number of aromatic nitrogens is 2. The van der Waals surface area contributed by atoms with Crippen molar-refractivity contribution in [3.63, 3.8) is 0 Å². The second kappa shape index (κ2) is 10.2. The lowest BCUT2D eigenvalue weighted by Gasteiger charge is -2.26. The number of piperidine rings is 1. The van der Waals surface area contributed by atoms with Gasteiger partial charge in [-0.2, -0.15) is 0 Å². The Bertz CT molecular complexity index is 1120. The highest BCUT2D eigenvalue weighted by Crippen LogP contribution is 2.26. The first-order chi connectivity index (χ1) is 15.7. The van der Waals surface area contributed by atoms with E-state index in [4.69, 9.17) is 9.97 Å². The minimum atomic E-state index is -0.626. The number of unbranched alkanes of at least 4 members (excludes halogenated alkanes) is 1. The Morgan fingerprint density at radius 3 is 2.44 bits per heavy atom. The predicted octanol–water partition coefficient (Wildman–Crippen LogP) is 4.93. The van der Waals surface area contributed by atoms with E-state index >= 15 is 0 Å². The molecule has 7 heteroatoms. The molecule has 0 spiro atoms. The van der Waals surface area contributed by atoms with Gasteiger partial charge in [0.1, 0.15) is 0 Å². The van der Waals surface area contributed by atoms with Crippen LogP contribution in [0.1, 0.15) is 54.6 Å². The van der Waals surface area contributed by atoms with E-state index in [1.54, 1.807) is 0 Å². The SMILES string of the molecule is O=NC(=O)CCCCc1nc2cc(C(=O)N3CCCCC3)ccc2nc1-c1ccccc1. The van der Waals surface area contributed by atoms with Crippen molar-refractivity contribution in [1.29, 1.82) is 0 Å². The summed E-state index contributed by atoms with van der Waals surface area (Å²) in [7, 11) is 0. The summed E-state index contributed by atoms with van der Waals surface area (Å²) in [6.45, 7) is 1.60. The van der Waals surface area contributed by atoms with Crippen molar-refractivity contribution in [1.82, 2.24) is 14.9 Å². The number of nitrogens with zero attached hydrogens (tertiary/aromatic N) is 4.